The Bertz CT molecular complexity index is 972. The maximum Gasteiger partial charge on any atom is 0.232 e. The molecule has 3 rings (SSSR count). The van der Waals surface area contributed by atoms with Crippen LogP contribution in [0.2, 0.25) is 5.02 Å². The topological polar surface area (TPSA) is 59.8 Å². The van der Waals surface area contributed by atoms with Crippen LogP contribution in [0.5, 0.6) is 0 Å². The van der Waals surface area contributed by atoms with Gasteiger partial charge in [0.05, 0.1) is 6.42 Å². The summed E-state index contributed by atoms with van der Waals surface area (Å²) in [7, 11) is 1.79. The quantitative estimate of drug-likeness (QED) is 0.567. The van der Waals surface area contributed by atoms with E-state index < -0.39 is 0 Å². The zero-order valence-corrected chi connectivity index (χ0v) is 17.1. The molecule has 28 heavy (non-hydrogen) atoms. The van der Waals surface area contributed by atoms with Crippen molar-refractivity contribution in [2.75, 3.05) is 5.32 Å². The van der Waals surface area contributed by atoms with Gasteiger partial charge in [0.1, 0.15) is 11.6 Å². The standard InChI is InChI=1S/C20H20ClFN4OS/c1-3-13-7-4-5-10-17(13)23-19(27)11-18-24-25-20(26(18)2)28-12-14-15(21)8-6-9-16(14)22/h4-10H,3,11-12H2,1-2H3,(H,23,27). The molecule has 1 aromatic heterocycles. The molecule has 146 valence electrons. The minimum atomic E-state index is -0.351. The highest BCUT2D eigenvalue weighted by atomic mass is 35.5. The van der Waals surface area contributed by atoms with Crippen LogP contribution in [0.25, 0.3) is 0 Å². The third-order valence-corrected chi connectivity index (χ3v) is 5.72. The highest BCUT2D eigenvalue weighted by molar-refractivity contribution is 7.98. The monoisotopic (exact) mass is 418 g/mol. The summed E-state index contributed by atoms with van der Waals surface area (Å²) in [5, 5.41) is 12.1. The molecule has 0 atom stereocenters. The first kappa shape index (κ1) is 20.4. The number of amides is 1. The van der Waals surface area contributed by atoms with Gasteiger partial charge < -0.3 is 9.88 Å². The van der Waals surface area contributed by atoms with Crippen LogP contribution in [0.4, 0.5) is 10.1 Å². The molecule has 0 bridgehead atoms. The fourth-order valence-electron chi connectivity index (χ4n) is 2.72. The molecule has 5 nitrogen and oxygen atoms in total. The second-order valence-corrected chi connectivity index (χ2v) is 7.53. The van der Waals surface area contributed by atoms with Gasteiger partial charge in [0.2, 0.25) is 5.91 Å². The number of carbonyl (C=O) groups is 1. The van der Waals surface area contributed by atoms with Crippen molar-refractivity contribution in [3.63, 3.8) is 0 Å². The number of halogens is 2. The van der Waals surface area contributed by atoms with Gasteiger partial charge in [-0.3, -0.25) is 4.79 Å². The molecule has 3 aromatic rings. The molecule has 0 spiro atoms. The van der Waals surface area contributed by atoms with Gasteiger partial charge in [0, 0.05) is 29.1 Å². The van der Waals surface area contributed by atoms with Crippen molar-refractivity contribution in [1.82, 2.24) is 14.8 Å². The lowest BCUT2D eigenvalue weighted by Gasteiger charge is -2.09. The first-order valence-corrected chi connectivity index (χ1v) is 10.2. The second-order valence-electron chi connectivity index (χ2n) is 6.18. The van der Waals surface area contributed by atoms with Crippen molar-refractivity contribution in [1.29, 1.82) is 0 Å². The Hall–Kier alpha value is -2.38. The summed E-state index contributed by atoms with van der Waals surface area (Å²) in [6.45, 7) is 2.04. The number of hydrogen-bond donors (Lipinski definition) is 1. The van der Waals surface area contributed by atoms with Gasteiger partial charge >= 0.3 is 0 Å². The predicted octanol–water partition coefficient (Wildman–Crippen LogP) is 4.64. The van der Waals surface area contributed by atoms with E-state index in [1.165, 1.54) is 17.8 Å². The van der Waals surface area contributed by atoms with Crippen LogP contribution in [-0.4, -0.2) is 20.7 Å². The molecular formula is C20H20ClFN4OS. The Morgan fingerprint density at radius 3 is 2.75 bits per heavy atom. The van der Waals surface area contributed by atoms with Crippen LogP contribution in [0.1, 0.15) is 23.9 Å². The van der Waals surface area contributed by atoms with Gasteiger partial charge in [0.15, 0.2) is 5.16 Å². The largest absolute Gasteiger partial charge is 0.325 e. The number of carbonyl (C=O) groups excluding carboxylic acids is 1. The van der Waals surface area contributed by atoms with E-state index in [-0.39, 0.29) is 18.1 Å². The van der Waals surface area contributed by atoms with Crippen molar-refractivity contribution in [2.45, 2.75) is 30.7 Å². The zero-order valence-electron chi connectivity index (χ0n) is 15.6. The third-order valence-electron chi connectivity index (χ3n) is 4.32. The average molecular weight is 419 g/mol. The Balaban J connectivity index is 1.65. The summed E-state index contributed by atoms with van der Waals surface area (Å²) < 4.78 is 15.6. The fraction of sp³-hybridized carbons (Fsp3) is 0.250. The van der Waals surface area contributed by atoms with Gasteiger partial charge in [-0.2, -0.15) is 0 Å². The maximum atomic E-state index is 13.9. The van der Waals surface area contributed by atoms with Crippen LogP contribution in [0, 0.1) is 5.82 Å². The number of para-hydroxylation sites is 1. The predicted molar refractivity (Wildman–Crippen MR) is 110 cm³/mol. The Labute approximate surface area is 172 Å². The number of rotatable bonds is 7. The van der Waals surface area contributed by atoms with Gasteiger partial charge in [0.25, 0.3) is 0 Å². The van der Waals surface area contributed by atoms with E-state index in [9.17, 15) is 9.18 Å². The highest BCUT2D eigenvalue weighted by Crippen LogP contribution is 2.27. The smallest absolute Gasteiger partial charge is 0.232 e. The number of nitrogens with zero attached hydrogens (tertiary/aromatic N) is 3. The lowest BCUT2D eigenvalue weighted by molar-refractivity contribution is -0.115. The molecule has 1 amide bonds. The number of aryl methyl sites for hydroxylation is 1. The molecule has 0 aliphatic rings. The summed E-state index contributed by atoms with van der Waals surface area (Å²) in [4.78, 5) is 12.4. The number of anilines is 1. The number of aromatic nitrogens is 3. The minimum absolute atomic E-state index is 0.0998. The van der Waals surface area contributed by atoms with Crippen molar-refractivity contribution in [3.8, 4) is 0 Å². The fourth-order valence-corrected chi connectivity index (χ4v) is 3.99. The SMILES string of the molecule is CCc1ccccc1NC(=O)Cc1nnc(SCc2c(F)cccc2Cl)n1C. The van der Waals surface area contributed by atoms with Gasteiger partial charge in [-0.1, -0.05) is 54.6 Å². The Kier molecular flexibility index (Phi) is 6.70. The van der Waals surface area contributed by atoms with Crippen LogP contribution < -0.4 is 5.32 Å². The molecule has 0 aliphatic heterocycles. The van der Waals surface area contributed by atoms with E-state index in [0.717, 1.165) is 17.7 Å². The molecular weight excluding hydrogens is 399 g/mol. The Morgan fingerprint density at radius 2 is 2.00 bits per heavy atom. The molecule has 0 fully saturated rings. The van der Waals surface area contributed by atoms with E-state index in [0.29, 0.717) is 27.3 Å². The van der Waals surface area contributed by atoms with Gasteiger partial charge in [-0.25, -0.2) is 4.39 Å². The van der Waals surface area contributed by atoms with Crippen molar-refractivity contribution < 1.29 is 9.18 Å². The molecule has 2 aromatic carbocycles. The number of hydrogen-bond acceptors (Lipinski definition) is 4. The normalized spacial score (nSPS) is 10.9. The molecule has 1 N–H and O–H groups in total. The van der Waals surface area contributed by atoms with E-state index in [2.05, 4.69) is 15.5 Å². The lowest BCUT2D eigenvalue weighted by atomic mass is 10.1. The van der Waals surface area contributed by atoms with E-state index in [1.54, 1.807) is 23.7 Å². The maximum absolute atomic E-state index is 13.9. The molecule has 0 unspecified atom stereocenters. The van der Waals surface area contributed by atoms with Gasteiger partial charge in [-0.05, 0) is 30.2 Å². The Morgan fingerprint density at radius 1 is 1.21 bits per heavy atom. The van der Waals surface area contributed by atoms with E-state index in [1.807, 2.05) is 31.2 Å². The molecule has 0 aliphatic carbocycles. The van der Waals surface area contributed by atoms with Crippen molar-refractivity contribution in [3.05, 3.63) is 70.3 Å². The number of thioether (sulfide) groups is 1. The minimum Gasteiger partial charge on any atom is -0.325 e. The van der Waals surface area contributed by atoms with Crippen molar-refractivity contribution >= 4 is 35.0 Å². The summed E-state index contributed by atoms with van der Waals surface area (Å²) in [5.74, 6) is 0.350. The van der Waals surface area contributed by atoms with Crippen LogP contribution in [0.3, 0.4) is 0 Å². The molecule has 1 heterocycles. The number of nitrogens with one attached hydrogen (secondary N) is 1. The molecule has 0 saturated carbocycles. The number of benzene rings is 2. The lowest BCUT2D eigenvalue weighted by Crippen LogP contribution is -2.17. The molecule has 0 radical (unpaired) electrons. The van der Waals surface area contributed by atoms with Gasteiger partial charge in [-0.15, -0.1) is 10.2 Å². The zero-order chi connectivity index (χ0) is 20.1. The van der Waals surface area contributed by atoms with E-state index in [4.69, 9.17) is 11.6 Å². The van der Waals surface area contributed by atoms with Crippen LogP contribution in [-0.2, 0) is 30.4 Å². The van der Waals surface area contributed by atoms with Crippen LogP contribution in [0.15, 0.2) is 47.6 Å². The van der Waals surface area contributed by atoms with Crippen LogP contribution >= 0.6 is 23.4 Å². The summed E-state index contributed by atoms with van der Waals surface area (Å²) in [5.41, 5.74) is 2.31. The first-order chi connectivity index (χ1) is 13.5. The van der Waals surface area contributed by atoms with Crippen molar-refractivity contribution in [2.24, 2.45) is 7.05 Å². The summed E-state index contributed by atoms with van der Waals surface area (Å²) in [6, 6.07) is 12.3. The average Bonchev–Trinajstić information content (AvgIpc) is 3.01. The molecule has 0 saturated heterocycles. The first-order valence-electron chi connectivity index (χ1n) is 8.81. The highest BCUT2D eigenvalue weighted by Gasteiger charge is 2.15. The van der Waals surface area contributed by atoms with E-state index >= 15 is 0 Å². The summed E-state index contributed by atoms with van der Waals surface area (Å²) in [6.07, 6.45) is 0.933. The summed E-state index contributed by atoms with van der Waals surface area (Å²) >= 11 is 7.38. The second kappa shape index (κ2) is 9.21. The third kappa shape index (κ3) is 4.72. The molecule has 8 heteroatoms.